The molecule has 0 aliphatic rings. The molecule has 1 unspecified atom stereocenters. The van der Waals surface area contributed by atoms with Gasteiger partial charge in [-0.05, 0) is 37.1 Å². The zero-order chi connectivity index (χ0) is 13.3. The van der Waals surface area contributed by atoms with Gasteiger partial charge in [0.25, 0.3) is 0 Å². The van der Waals surface area contributed by atoms with Crippen molar-refractivity contribution in [3.63, 3.8) is 0 Å². The number of benzene rings is 1. The Morgan fingerprint density at radius 3 is 2.56 bits per heavy atom. The highest BCUT2D eigenvalue weighted by atomic mass is 35.5. The Hall–Kier alpha value is -1.16. The molecule has 1 aromatic heterocycles. The summed E-state index contributed by atoms with van der Waals surface area (Å²) in [5.74, 6) is 0. The van der Waals surface area contributed by atoms with Crippen molar-refractivity contribution in [3.8, 4) is 0 Å². The molecule has 1 aromatic carbocycles. The lowest BCUT2D eigenvalue weighted by atomic mass is 9.98. The number of aromatic nitrogens is 2. The molecule has 94 valence electrons. The molecule has 0 spiro atoms. The maximum Gasteiger partial charge on any atom is 0.0651 e. The fourth-order valence-electron chi connectivity index (χ4n) is 1.81. The van der Waals surface area contributed by atoms with Crippen molar-refractivity contribution >= 4 is 23.2 Å². The van der Waals surface area contributed by atoms with Gasteiger partial charge in [0.15, 0.2) is 0 Å². The second-order valence-corrected chi connectivity index (χ2v) is 4.93. The van der Waals surface area contributed by atoms with Gasteiger partial charge >= 0.3 is 0 Å². The fourth-order valence-corrected chi connectivity index (χ4v) is 2.24. The summed E-state index contributed by atoms with van der Waals surface area (Å²) >= 11 is 12.2. The maximum atomic E-state index is 6.24. The third kappa shape index (κ3) is 2.48. The molecule has 0 saturated heterocycles. The van der Waals surface area contributed by atoms with E-state index in [1.165, 1.54) is 0 Å². The predicted octanol–water partition coefficient (Wildman–Crippen LogP) is 3.45. The SMILES string of the molecule is Cc1cc(C(N)c2cccc(Cl)c2Cl)c(C)nn1. The van der Waals surface area contributed by atoms with Crippen LogP contribution >= 0.6 is 23.2 Å². The van der Waals surface area contributed by atoms with Crippen LogP contribution in [0.4, 0.5) is 0 Å². The Labute approximate surface area is 116 Å². The van der Waals surface area contributed by atoms with E-state index in [1.54, 1.807) is 6.07 Å². The van der Waals surface area contributed by atoms with Gasteiger partial charge in [0, 0.05) is 0 Å². The Kier molecular flexibility index (Phi) is 3.85. The zero-order valence-corrected chi connectivity index (χ0v) is 11.6. The van der Waals surface area contributed by atoms with E-state index in [-0.39, 0.29) is 6.04 Å². The highest BCUT2D eigenvalue weighted by molar-refractivity contribution is 6.42. The third-order valence-electron chi connectivity index (χ3n) is 2.79. The van der Waals surface area contributed by atoms with Gasteiger partial charge in [-0.1, -0.05) is 35.3 Å². The second kappa shape index (κ2) is 5.22. The summed E-state index contributed by atoms with van der Waals surface area (Å²) in [5.41, 5.74) is 9.56. The maximum absolute atomic E-state index is 6.24. The van der Waals surface area contributed by atoms with E-state index >= 15 is 0 Å². The minimum absolute atomic E-state index is 0.356. The molecule has 2 rings (SSSR count). The number of hydrogen-bond acceptors (Lipinski definition) is 3. The molecule has 0 aliphatic heterocycles. The molecular formula is C13H13Cl2N3. The Morgan fingerprint density at radius 2 is 1.83 bits per heavy atom. The van der Waals surface area contributed by atoms with Crippen molar-refractivity contribution in [3.05, 3.63) is 56.8 Å². The monoisotopic (exact) mass is 281 g/mol. The normalized spacial score (nSPS) is 12.5. The minimum atomic E-state index is -0.356. The van der Waals surface area contributed by atoms with Crippen molar-refractivity contribution in [2.45, 2.75) is 19.9 Å². The molecule has 1 atom stereocenters. The van der Waals surface area contributed by atoms with Gasteiger partial charge in [0.1, 0.15) is 0 Å². The second-order valence-electron chi connectivity index (χ2n) is 4.15. The number of nitrogens with zero attached hydrogens (tertiary/aromatic N) is 2. The van der Waals surface area contributed by atoms with E-state index in [0.717, 1.165) is 22.5 Å². The van der Waals surface area contributed by atoms with Gasteiger partial charge in [-0.15, -0.1) is 0 Å². The van der Waals surface area contributed by atoms with E-state index in [9.17, 15) is 0 Å². The quantitative estimate of drug-likeness (QED) is 0.917. The van der Waals surface area contributed by atoms with Crippen LogP contribution < -0.4 is 5.73 Å². The summed E-state index contributed by atoms with van der Waals surface area (Å²) in [6.07, 6.45) is 0. The molecule has 0 aliphatic carbocycles. The Morgan fingerprint density at radius 1 is 1.11 bits per heavy atom. The minimum Gasteiger partial charge on any atom is -0.320 e. The molecular weight excluding hydrogens is 269 g/mol. The predicted molar refractivity (Wildman–Crippen MR) is 74.0 cm³/mol. The first-order valence-electron chi connectivity index (χ1n) is 5.51. The summed E-state index contributed by atoms with van der Waals surface area (Å²) in [4.78, 5) is 0. The van der Waals surface area contributed by atoms with Gasteiger partial charge in [0.05, 0.1) is 27.5 Å². The van der Waals surface area contributed by atoms with E-state index < -0.39 is 0 Å². The molecule has 0 bridgehead atoms. The number of hydrogen-bond donors (Lipinski definition) is 1. The van der Waals surface area contributed by atoms with Crippen molar-refractivity contribution in [2.24, 2.45) is 5.73 Å². The molecule has 0 radical (unpaired) electrons. The lowest BCUT2D eigenvalue weighted by molar-refractivity contribution is 0.813. The standard InChI is InChI=1S/C13H13Cl2N3/c1-7-6-10(8(2)18-17-7)13(16)9-4-3-5-11(14)12(9)15/h3-6,13H,16H2,1-2H3. The third-order valence-corrected chi connectivity index (χ3v) is 3.63. The lowest BCUT2D eigenvalue weighted by Gasteiger charge is -2.16. The number of rotatable bonds is 2. The number of nitrogens with two attached hydrogens (primary N) is 1. The van der Waals surface area contributed by atoms with Crippen LogP contribution in [0.25, 0.3) is 0 Å². The van der Waals surface area contributed by atoms with Gasteiger partial charge in [-0.3, -0.25) is 0 Å². The van der Waals surface area contributed by atoms with Crippen molar-refractivity contribution < 1.29 is 0 Å². The molecule has 0 saturated carbocycles. The smallest absolute Gasteiger partial charge is 0.0651 e. The topological polar surface area (TPSA) is 51.8 Å². The largest absolute Gasteiger partial charge is 0.320 e. The summed E-state index contributed by atoms with van der Waals surface area (Å²) in [6.45, 7) is 3.75. The van der Waals surface area contributed by atoms with Crippen LogP contribution in [0, 0.1) is 13.8 Å². The highest BCUT2D eigenvalue weighted by Crippen LogP contribution is 2.32. The molecule has 0 amide bonds. The molecule has 3 nitrogen and oxygen atoms in total. The van der Waals surface area contributed by atoms with Crippen LogP contribution in [-0.2, 0) is 0 Å². The fraction of sp³-hybridized carbons (Fsp3) is 0.231. The van der Waals surface area contributed by atoms with Gasteiger partial charge < -0.3 is 5.73 Å². The first-order valence-corrected chi connectivity index (χ1v) is 6.26. The summed E-state index contributed by atoms with van der Waals surface area (Å²) in [7, 11) is 0. The van der Waals surface area contributed by atoms with Gasteiger partial charge in [-0.25, -0.2) is 0 Å². The first kappa shape index (κ1) is 13.3. The average Bonchev–Trinajstić information content (AvgIpc) is 2.35. The molecule has 2 N–H and O–H groups in total. The van der Waals surface area contributed by atoms with Crippen LogP contribution in [0.2, 0.25) is 10.0 Å². The highest BCUT2D eigenvalue weighted by Gasteiger charge is 2.17. The van der Waals surface area contributed by atoms with E-state index in [1.807, 2.05) is 32.0 Å². The van der Waals surface area contributed by atoms with Crippen molar-refractivity contribution in [1.82, 2.24) is 10.2 Å². The molecule has 1 heterocycles. The number of halogens is 2. The van der Waals surface area contributed by atoms with Gasteiger partial charge in [-0.2, -0.15) is 10.2 Å². The van der Waals surface area contributed by atoms with Crippen LogP contribution in [-0.4, -0.2) is 10.2 Å². The molecule has 5 heteroatoms. The van der Waals surface area contributed by atoms with E-state index in [4.69, 9.17) is 28.9 Å². The molecule has 2 aromatic rings. The van der Waals surface area contributed by atoms with Crippen LogP contribution in [0.1, 0.15) is 28.6 Å². The first-order chi connectivity index (χ1) is 8.50. The molecule has 0 fully saturated rings. The van der Waals surface area contributed by atoms with Crippen molar-refractivity contribution in [1.29, 1.82) is 0 Å². The van der Waals surface area contributed by atoms with Gasteiger partial charge in [0.2, 0.25) is 0 Å². The summed E-state index contributed by atoms with van der Waals surface area (Å²) in [6, 6.07) is 7.01. The summed E-state index contributed by atoms with van der Waals surface area (Å²) in [5, 5.41) is 9.05. The Bertz CT molecular complexity index is 582. The summed E-state index contributed by atoms with van der Waals surface area (Å²) < 4.78 is 0. The van der Waals surface area contributed by atoms with Crippen LogP contribution in [0.5, 0.6) is 0 Å². The average molecular weight is 282 g/mol. The Balaban J connectivity index is 2.51. The van der Waals surface area contributed by atoms with Crippen LogP contribution in [0.15, 0.2) is 24.3 Å². The van der Waals surface area contributed by atoms with E-state index in [2.05, 4.69) is 10.2 Å². The lowest BCUT2D eigenvalue weighted by Crippen LogP contribution is -2.15. The zero-order valence-electron chi connectivity index (χ0n) is 10.1. The molecule has 18 heavy (non-hydrogen) atoms. The van der Waals surface area contributed by atoms with Crippen molar-refractivity contribution in [2.75, 3.05) is 0 Å². The van der Waals surface area contributed by atoms with E-state index in [0.29, 0.717) is 10.0 Å². The van der Waals surface area contributed by atoms with Crippen LogP contribution in [0.3, 0.4) is 0 Å². The number of aryl methyl sites for hydroxylation is 2.